The summed E-state index contributed by atoms with van der Waals surface area (Å²) in [5, 5.41) is 9.72. The highest BCUT2D eigenvalue weighted by Gasteiger charge is 2.19. The quantitative estimate of drug-likeness (QED) is 0.453. The number of halogens is 1. The maximum Gasteiger partial charge on any atom is 0.180 e. The van der Waals surface area contributed by atoms with E-state index in [0.29, 0.717) is 5.56 Å². The number of Topliss-reactive ketones (excluding diaryl/α,β-unsaturated/α-hetero) is 1. The van der Waals surface area contributed by atoms with Gasteiger partial charge in [0, 0.05) is 0 Å². The fraction of sp³-hybridized carbons (Fsp3) is 0.533. The van der Waals surface area contributed by atoms with E-state index in [4.69, 9.17) is 0 Å². The molecule has 1 aromatic rings. The molecule has 0 fully saturated rings. The lowest BCUT2D eigenvalue weighted by molar-refractivity contribution is 0.0985. The fourth-order valence-corrected chi connectivity index (χ4v) is 2.47. The second-order valence-corrected chi connectivity index (χ2v) is 5.81. The highest BCUT2D eigenvalue weighted by molar-refractivity contribution is 9.10. The van der Waals surface area contributed by atoms with Gasteiger partial charge in [0.2, 0.25) is 0 Å². The lowest BCUT2D eigenvalue weighted by Crippen LogP contribution is -2.14. The Morgan fingerprint density at radius 2 is 2.06 bits per heavy atom. The highest BCUT2D eigenvalue weighted by Crippen LogP contribution is 2.24. The molecule has 0 radical (unpaired) electrons. The summed E-state index contributed by atoms with van der Waals surface area (Å²) in [6.07, 6.45) is 5.43. The number of carbonyl (C=O) groups is 1. The molecule has 0 spiro atoms. The minimum atomic E-state index is -0.193. The van der Waals surface area contributed by atoms with E-state index in [1.807, 2.05) is 6.92 Å². The number of benzene rings is 1. The average molecular weight is 313 g/mol. The molecule has 0 aromatic heterocycles. The molecule has 3 heteroatoms. The van der Waals surface area contributed by atoms with E-state index in [1.165, 1.54) is 12.8 Å². The Labute approximate surface area is 118 Å². The third-order valence-electron chi connectivity index (χ3n) is 3.01. The number of aromatic hydroxyl groups is 1. The maximum atomic E-state index is 12.2. The van der Waals surface area contributed by atoms with Crippen molar-refractivity contribution >= 4 is 21.7 Å². The molecule has 18 heavy (non-hydrogen) atoms. The van der Waals surface area contributed by atoms with Gasteiger partial charge in [0.15, 0.2) is 5.78 Å². The van der Waals surface area contributed by atoms with Crippen molar-refractivity contribution in [1.82, 2.24) is 0 Å². The van der Waals surface area contributed by atoms with Gasteiger partial charge in [-0.3, -0.25) is 4.79 Å². The van der Waals surface area contributed by atoms with Gasteiger partial charge < -0.3 is 5.11 Å². The molecule has 0 saturated carbocycles. The fourth-order valence-electron chi connectivity index (χ4n) is 1.90. The van der Waals surface area contributed by atoms with Crippen molar-refractivity contribution in [3.05, 3.63) is 29.3 Å². The third-order valence-corrected chi connectivity index (χ3v) is 3.89. The first-order valence-electron chi connectivity index (χ1n) is 6.54. The first-order valence-corrected chi connectivity index (χ1v) is 7.45. The van der Waals surface area contributed by atoms with Gasteiger partial charge in [-0.05, 0) is 25.5 Å². The molecule has 0 aliphatic rings. The second kappa shape index (κ2) is 7.57. The summed E-state index contributed by atoms with van der Waals surface area (Å²) in [7, 11) is 0. The molecule has 0 saturated heterocycles. The summed E-state index contributed by atoms with van der Waals surface area (Å²) in [5.74, 6) is 0.0521. The van der Waals surface area contributed by atoms with E-state index in [-0.39, 0.29) is 16.4 Å². The van der Waals surface area contributed by atoms with Gasteiger partial charge in [0.1, 0.15) is 5.75 Å². The zero-order chi connectivity index (χ0) is 13.5. The maximum absolute atomic E-state index is 12.2. The van der Waals surface area contributed by atoms with Gasteiger partial charge in [-0.1, -0.05) is 60.2 Å². The van der Waals surface area contributed by atoms with E-state index in [0.717, 1.165) is 24.8 Å². The summed E-state index contributed by atoms with van der Waals surface area (Å²) in [6, 6.07) is 5.13. The van der Waals surface area contributed by atoms with Crippen LogP contribution >= 0.6 is 15.9 Å². The number of hydrogen-bond acceptors (Lipinski definition) is 2. The summed E-state index contributed by atoms with van der Waals surface area (Å²) >= 11 is 3.43. The van der Waals surface area contributed by atoms with Gasteiger partial charge in [-0.2, -0.15) is 0 Å². The van der Waals surface area contributed by atoms with Gasteiger partial charge in [0.05, 0.1) is 10.4 Å². The standard InChI is InChI=1S/C15H21BrO2/c1-3-4-5-6-7-13(16)15(18)12-10-11(2)8-9-14(12)17/h8-10,13,17H,3-7H2,1-2H3/t13-/m0/s1. The van der Waals surface area contributed by atoms with Crippen LogP contribution in [0.1, 0.15) is 54.9 Å². The molecule has 1 rings (SSSR count). The molecule has 2 nitrogen and oxygen atoms in total. The topological polar surface area (TPSA) is 37.3 Å². The van der Waals surface area contributed by atoms with Crippen LogP contribution in [0.25, 0.3) is 0 Å². The number of rotatable bonds is 7. The first kappa shape index (κ1) is 15.2. The van der Waals surface area contributed by atoms with E-state index in [9.17, 15) is 9.90 Å². The van der Waals surface area contributed by atoms with Gasteiger partial charge >= 0.3 is 0 Å². The Kier molecular flexibility index (Phi) is 6.41. The zero-order valence-corrected chi connectivity index (χ0v) is 12.7. The van der Waals surface area contributed by atoms with Crippen LogP contribution in [0.15, 0.2) is 18.2 Å². The number of alkyl halides is 1. The van der Waals surface area contributed by atoms with Crippen molar-refractivity contribution in [2.75, 3.05) is 0 Å². The zero-order valence-electron chi connectivity index (χ0n) is 11.1. The number of phenolic OH excluding ortho intramolecular Hbond substituents is 1. The SMILES string of the molecule is CCCCCC[C@H](Br)C(=O)c1cc(C)ccc1O. The summed E-state index contributed by atoms with van der Waals surface area (Å²) in [4.78, 5) is 12.0. The molecule has 1 N–H and O–H groups in total. The minimum absolute atomic E-state index is 0.0206. The predicted molar refractivity (Wildman–Crippen MR) is 78.6 cm³/mol. The van der Waals surface area contributed by atoms with E-state index >= 15 is 0 Å². The highest BCUT2D eigenvalue weighted by atomic mass is 79.9. The van der Waals surface area contributed by atoms with Crippen LogP contribution in [0, 0.1) is 6.92 Å². The molecule has 0 aliphatic heterocycles. The van der Waals surface area contributed by atoms with Gasteiger partial charge in [0.25, 0.3) is 0 Å². The molecular weight excluding hydrogens is 292 g/mol. The Bertz CT molecular complexity index is 401. The van der Waals surface area contributed by atoms with Crippen molar-refractivity contribution in [3.8, 4) is 5.75 Å². The molecule has 0 bridgehead atoms. The number of aryl methyl sites for hydroxylation is 1. The van der Waals surface area contributed by atoms with Crippen LogP contribution in [0.2, 0.25) is 0 Å². The molecule has 100 valence electrons. The van der Waals surface area contributed by atoms with Crippen LogP contribution in [-0.4, -0.2) is 15.7 Å². The van der Waals surface area contributed by atoms with Crippen molar-refractivity contribution in [2.24, 2.45) is 0 Å². The predicted octanol–water partition coefficient (Wildman–Crippen LogP) is 4.62. The largest absolute Gasteiger partial charge is 0.507 e. The number of hydrogen-bond donors (Lipinski definition) is 1. The minimum Gasteiger partial charge on any atom is -0.507 e. The molecule has 1 aromatic carbocycles. The Balaban J connectivity index is 2.60. The lowest BCUT2D eigenvalue weighted by atomic mass is 10.0. The van der Waals surface area contributed by atoms with Crippen LogP contribution < -0.4 is 0 Å². The summed E-state index contributed by atoms with van der Waals surface area (Å²) < 4.78 is 0. The van der Waals surface area contributed by atoms with Crippen molar-refractivity contribution in [1.29, 1.82) is 0 Å². The number of carbonyl (C=O) groups excluding carboxylic acids is 1. The number of unbranched alkanes of at least 4 members (excludes halogenated alkanes) is 3. The summed E-state index contributed by atoms with van der Waals surface area (Å²) in [6.45, 7) is 4.09. The Hall–Kier alpha value is -0.830. The van der Waals surface area contributed by atoms with Crippen LogP contribution in [0.5, 0.6) is 5.75 Å². The van der Waals surface area contributed by atoms with Gasteiger partial charge in [-0.25, -0.2) is 0 Å². The Morgan fingerprint density at radius 3 is 2.72 bits per heavy atom. The van der Waals surface area contributed by atoms with E-state index in [1.54, 1.807) is 18.2 Å². The van der Waals surface area contributed by atoms with Crippen molar-refractivity contribution in [2.45, 2.75) is 50.8 Å². The first-order chi connectivity index (χ1) is 8.56. The smallest absolute Gasteiger partial charge is 0.180 e. The summed E-state index contributed by atoms with van der Waals surface area (Å²) in [5.41, 5.74) is 1.41. The normalized spacial score (nSPS) is 12.4. The van der Waals surface area contributed by atoms with Crippen molar-refractivity contribution < 1.29 is 9.90 Å². The molecule has 1 atom stereocenters. The Morgan fingerprint density at radius 1 is 1.33 bits per heavy atom. The average Bonchev–Trinajstić information content (AvgIpc) is 2.36. The lowest BCUT2D eigenvalue weighted by Gasteiger charge is -2.10. The molecular formula is C15H21BrO2. The monoisotopic (exact) mass is 312 g/mol. The third kappa shape index (κ3) is 4.45. The molecule has 0 unspecified atom stereocenters. The van der Waals surface area contributed by atoms with E-state index in [2.05, 4.69) is 22.9 Å². The van der Waals surface area contributed by atoms with Crippen LogP contribution in [0.4, 0.5) is 0 Å². The van der Waals surface area contributed by atoms with Crippen LogP contribution in [-0.2, 0) is 0 Å². The van der Waals surface area contributed by atoms with Gasteiger partial charge in [-0.15, -0.1) is 0 Å². The second-order valence-electron chi connectivity index (χ2n) is 4.70. The van der Waals surface area contributed by atoms with Crippen molar-refractivity contribution in [3.63, 3.8) is 0 Å². The molecule has 0 aliphatic carbocycles. The van der Waals surface area contributed by atoms with Crippen LogP contribution in [0.3, 0.4) is 0 Å². The van der Waals surface area contributed by atoms with E-state index < -0.39 is 0 Å². The number of phenols is 1. The molecule has 0 amide bonds. The molecule has 0 heterocycles. The number of ketones is 1.